The highest BCUT2D eigenvalue weighted by molar-refractivity contribution is 7.05. The lowest BCUT2D eigenvalue weighted by Gasteiger charge is -2.40. The summed E-state index contributed by atoms with van der Waals surface area (Å²) in [5.74, 6) is 5.38. The lowest BCUT2D eigenvalue weighted by molar-refractivity contribution is -0.933. The van der Waals surface area contributed by atoms with Gasteiger partial charge in [-0.3, -0.25) is 0 Å². The summed E-state index contributed by atoms with van der Waals surface area (Å²) in [6.07, 6.45) is -1.42. The number of hydrogen-bond acceptors (Lipinski definition) is 5. The maximum atomic E-state index is 8.09. The minimum Gasteiger partial charge on any atom is -0.370 e. The Balaban J connectivity index is 0.000000370. The summed E-state index contributed by atoms with van der Waals surface area (Å²) >= 11 is 0. The topological polar surface area (TPSA) is 104 Å². The van der Waals surface area contributed by atoms with E-state index in [1.54, 1.807) is 0 Å². The Kier molecular flexibility index (Phi) is 8.03. The molecule has 0 radical (unpaired) electrons. The molecule has 1 saturated heterocycles. The Hall–Kier alpha value is -2.06. The van der Waals surface area contributed by atoms with E-state index in [4.69, 9.17) is 25.8 Å². The smallest absolute Gasteiger partial charge is 0.370 e. The van der Waals surface area contributed by atoms with Gasteiger partial charge < -0.3 is 9.22 Å². The Morgan fingerprint density at radius 2 is 1.40 bits per heavy atom. The fraction of sp³-hybridized carbons (Fsp3) is 0.692. The minimum atomic E-state index is -2.72. The van der Waals surface area contributed by atoms with Crippen molar-refractivity contribution in [3.05, 3.63) is 0 Å². The Morgan fingerprint density at radius 3 is 1.65 bits per heavy atom. The van der Waals surface area contributed by atoms with Crippen LogP contribution in [-0.2, 0) is 4.74 Å². The van der Waals surface area contributed by atoms with Gasteiger partial charge in [0, 0.05) is 0 Å². The minimum absolute atomic E-state index is 0.966. The monoisotopic (exact) mass is 273 g/mol. The molecule has 0 aromatic carbocycles. The predicted octanol–water partition coefficient (Wildman–Crippen LogP) is 0.950. The van der Waals surface area contributed by atoms with Crippen LogP contribution in [0, 0.1) is 44.9 Å². The first-order valence-corrected chi connectivity index (χ1v) is 6.81. The predicted molar refractivity (Wildman–Crippen MR) is 74.7 cm³/mol. The first-order valence-electron chi connectivity index (χ1n) is 6.81. The first kappa shape index (κ1) is 17.9. The number of rotatable bonds is 3. The van der Waals surface area contributed by atoms with E-state index in [1.165, 1.54) is 61.0 Å². The van der Waals surface area contributed by atoms with E-state index in [0.717, 1.165) is 13.2 Å². The van der Waals surface area contributed by atoms with Crippen molar-refractivity contribution < 1.29 is 9.22 Å². The second kappa shape index (κ2) is 8.95. The van der Waals surface area contributed by atoms with Crippen molar-refractivity contribution in [2.24, 2.45) is 0 Å². The molecule has 106 valence electrons. The fourth-order valence-corrected chi connectivity index (χ4v) is 2.08. The molecule has 0 unspecified atom stereocenters. The van der Waals surface area contributed by atoms with Crippen LogP contribution < -0.4 is 0 Å². The average Bonchev–Trinajstić information content (AvgIpc) is 2.52. The maximum absolute atomic E-state index is 8.09. The second-order valence-electron chi connectivity index (χ2n) is 4.82. The average molecular weight is 273 g/mol. The lowest BCUT2D eigenvalue weighted by Crippen LogP contribution is -2.55. The van der Waals surface area contributed by atoms with Crippen LogP contribution in [0.1, 0.15) is 20.3 Å². The molecule has 0 bridgehead atoms. The normalized spacial score (nSPS) is 16.3. The SMILES string of the molecule is CCC[N+]1(CC)CCOCC1.N#C[B-](C#N)(C#N)C#N. The second-order valence-corrected chi connectivity index (χ2v) is 4.82. The van der Waals surface area contributed by atoms with Gasteiger partial charge in [-0.15, -0.1) is 23.9 Å². The molecular formula is C13H20BN5O. The van der Waals surface area contributed by atoms with Crippen LogP contribution in [0.3, 0.4) is 0 Å². The van der Waals surface area contributed by atoms with E-state index in [0.29, 0.717) is 0 Å². The van der Waals surface area contributed by atoms with Gasteiger partial charge in [0.25, 0.3) is 0 Å². The molecule has 0 spiro atoms. The third-order valence-electron chi connectivity index (χ3n) is 3.56. The van der Waals surface area contributed by atoms with Crippen LogP contribution >= 0.6 is 0 Å². The number of ether oxygens (including phenoxy) is 1. The van der Waals surface area contributed by atoms with Gasteiger partial charge in [-0.25, -0.2) is 21.0 Å². The van der Waals surface area contributed by atoms with E-state index in [1.807, 2.05) is 0 Å². The van der Waals surface area contributed by atoms with Crippen LogP contribution in [0.25, 0.3) is 0 Å². The zero-order chi connectivity index (χ0) is 15.5. The van der Waals surface area contributed by atoms with E-state index in [9.17, 15) is 0 Å². The van der Waals surface area contributed by atoms with Gasteiger partial charge in [-0.1, -0.05) is 6.92 Å². The molecule has 20 heavy (non-hydrogen) atoms. The molecule has 0 aromatic rings. The maximum Gasteiger partial charge on any atom is 0.383 e. The summed E-state index contributed by atoms with van der Waals surface area (Å²) in [4.78, 5) is 0. The number of hydrogen-bond donors (Lipinski definition) is 0. The van der Waals surface area contributed by atoms with Crippen LogP contribution in [-0.4, -0.2) is 50.0 Å². The molecule has 7 heteroatoms. The number of nitrogens with zero attached hydrogens (tertiary/aromatic N) is 5. The van der Waals surface area contributed by atoms with Crippen LogP contribution in [0.15, 0.2) is 0 Å². The summed E-state index contributed by atoms with van der Waals surface area (Å²) < 4.78 is 6.65. The first-order chi connectivity index (χ1) is 9.57. The largest absolute Gasteiger partial charge is 0.383 e. The molecule has 1 fully saturated rings. The van der Waals surface area contributed by atoms with Gasteiger partial charge >= 0.3 is 6.15 Å². The van der Waals surface area contributed by atoms with Crippen molar-refractivity contribution in [2.75, 3.05) is 39.4 Å². The van der Waals surface area contributed by atoms with Crippen molar-refractivity contribution in [1.29, 1.82) is 21.0 Å². The van der Waals surface area contributed by atoms with Crippen molar-refractivity contribution in [1.82, 2.24) is 0 Å². The van der Waals surface area contributed by atoms with Crippen LogP contribution in [0.5, 0.6) is 0 Å². The molecule has 1 aliphatic rings. The van der Waals surface area contributed by atoms with Crippen LogP contribution in [0.4, 0.5) is 0 Å². The fourth-order valence-electron chi connectivity index (χ4n) is 2.08. The van der Waals surface area contributed by atoms with E-state index in [2.05, 4.69) is 13.8 Å². The van der Waals surface area contributed by atoms with E-state index >= 15 is 0 Å². The quantitative estimate of drug-likeness (QED) is 0.562. The van der Waals surface area contributed by atoms with Crippen LogP contribution in [0.2, 0.25) is 0 Å². The number of likely N-dealkylation sites (N-methyl/N-ethyl adjacent to an activating group) is 1. The summed E-state index contributed by atoms with van der Waals surface area (Å²) in [6.45, 7) is 11.6. The van der Waals surface area contributed by atoms with Gasteiger partial charge in [0.15, 0.2) is 0 Å². The highest BCUT2D eigenvalue weighted by atomic mass is 16.5. The lowest BCUT2D eigenvalue weighted by atomic mass is 9.30. The van der Waals surface area contributed by atoms with Crippen molar-refractivity contribution >= 4 is 6.15 Å². The highest BCUT2D eigenvalue weighted by Gasteiger charge is 2.26. The third kappa shape index (κ3) is 4.91. The standard InChI is InChI=1S/C9H20NO.C4BN4/c1-3-5-10(4-2)6-8-11-9-7-10;6-1-5(2-7,3-8)4-9/h3-9H2,1-2H3;/q+1;-1. The number of morpholine rings is 1. The Morgan fingerprint density at radius 1 is 0.950 bits per heavy atom. The molecule has 0 amide bonds. The zero-order valence-electron chi connectivity index (χ0n) is 12.2. The summed E-state index contributed by atoms with van der Waals surface area (Å²) in [5, 5.41) is 32.3. The van der Waals surface area contributed by atoms with E-state index < -0.39 is 6.15 Å². The van der Waals surface area contributed by atoms with Crippen molar-refractivity contribution in [3.8, 4) is 23.9 Å². The summed E-state index contributed by atoms with van der Waals surface area (Å²) in [5.41, 5.74) is 0. The van der Waals surface area contributed by atoms with Gasteiger partial charge in [0.1, 0.15) is 13.1 Å². The molecule has 1 aliphatic heterocycles. The van der Waals surface area contributed by atoms with Gasteiger partial charge in [-0.2, -0.15) is 0 Å². The molecule has 6 nitrogen and oxygen atoms in total. The van der Waals surface area contributed by atoms with E-state index in [-0.39, 0.29) is 0 Å². The van der Waals surface area contributed by atoms with Gasteiger partial charge in [0.05, 0.1) is 26.3 Å². The molecule has 0 aromatic heterocycles. The number of nitriles is 4. The van der Waals surface area contributed by atoms with Gasteiger partial charge in [-0.05, 0) is 13.3 Å². The Bertz CT molecular complexity index is 392. The Labute approximate surface area is 120 Å². The number of quaternary nitrogens is 1. The molecule has 0 aliphatic carbocycles. The molecule has 0 N–H and O–H groups in total. The third-order valence-corrected chi connectivity index (χ3v) is 3.56. The summed E-state index contributed by atoms with van der Waals surface area (Å²) in [7, 11) is 0. The molecule has 1 heterocycles. The van der Waals surface area contributed by atoms with Crippen molar-refractivity contribution in [3.63, 3.8) is 0 Å². The van der Waals surface area contributed by atoms with Crippen molar-refractivity contribution in [2.45, 2.75) is 20.3 Å². The zero-order valence-corrected chi connectivity index (χ0v) is 12.2. The molecular weight excluding hydrogens is 253 g/mol. The highest BCUT2D eigenvalue weighted by Crippen LogP contribution is 2.11. The molecule has 0 saturated carbocycles. The summed E-state index contributed by atoms with van der Waals surface area (Å²) in [6, 6.07) is 0. The molecule has 1 rings (SSSR count). The molecule has 0 atom stereocenters. The van der Waals surface area contributed by atoms with Gasteiger partial charge in [0.2, 0.25) is 0 Å².